The van der Waals surface area contributed by atoms with Crippen LogP contribution in [-0.4, -0.2) is 33.7 Å². The number of halogens is 1. The molecule has 0 saturated carbocycles. The van der Waals surface area contributed by atoms with Crippen LogP contribution in [0.2, 0.25) is 5.02 Å². The van der Waals surface area contributed by atoms with Crippen LogP contribution in [0.1, 0.15) is 0 Å². The van der Waals surface area contributed by atoms with E-state index in [4.69, 9.17) is 11.6 Å². The van der Waals surface area contributed by atoms with Gasteiger partial charge in [0.2, 0.25) is 0 Å². The summed E-state index contributed by atoms with van der Waals surface area (Å²) < 4.78 is 2.50. The van der Waals surface area contributed by atoms with Gasteiger partial charge in [0.25, 0.3) is 0 Å². The molecule has 0 N–H and O–H groups in total. The molecule has 0 heterocycles. The molecule has 0 aliphatic rings. The molecule has 9 heavy (non-hydrogen) atoms. The predicted octanol–water partition coefficient (Wildman–Crippen LogP) is -1.14. The number of hydrogen-bond donors (Lipinski definition) is 0. The SMILES string of the molecule is Clc1cc([AsH2])ccc1[AsH2]. The van der Waals surface area contributed by atoms with Crippen molar-refractivity contribution in [3.63, 3.8) is 0 Å². The van der Waals surface area contributed by atoms with Crippen LogP contribution in [-0.2, 0) is 0 Å². The zero-order valence-electron chi connectivity index (χ0n) is 4.76. The summed E-state index contributed by atoms with van der Waals surface area (Å²) >= 11 is 9.03. The van der Waals surface area contributed by atoms with Gasteiger partial charge in [0.15, 0.2) is 0 Å². The molecule has 0 bridgehead atoms. The average molecular weight is 264 g/mol. The minimum atomic E-state index is 0.900. The molecule has 2 atom stereocenters. The Labute approximate surface area is 77.0 Å². The Bertz CT molecular complexity index is 222. The van der Waals surface area contributed by atoms with Crippen LogP contribution in [0.3, 0.4) is 0 Å². The molecule has 48 valence electrons. The summed E-state index contributed by atoms with van der Waals surface area (Å²) in [5, 5.41) is 0.900. The van der Waals surface area contributed by atoms with Gasteiger partial charge >= 0.3 is 77.2 Å². The summed E-state index contributed by atoms with van der Waals surface area (Å²) in [7, 11) is 0. The van der Waals surface area contributed by atoms with Crippen LogP contribution in [0.4, 0.5) is 0 Å². The van der Waals surface area contributed by atoms with Gasteiger partial charge in [0, 0.05) is 0 Å². The van der Waals surface area contributed by atoms with E-state index in [9.17, 15) is 0 Å². The van der Waals surface area contributed by atoms with Crippen LogP contribution in [0, 0.1) is 0 Å². The third-order valence-electron chi connectivity index (χ3n) is 1.02. The monoisotopic (exact) mass is 264 g/mol. The first-order chi connectivity index (χ1) is 4.20. The molecule has 0 saturated heterocycles. The maximum atomic E-state index is 5.84. The first kappa shape index (κ1) is 7.73. The van der Waals surface area contributed by atoms with E-state index in [1.54, 1.807) is 33.7 Å². The quantitative estimate of drug-likeness (QED) is 0.520. The van der Waals surface area contributed by atoms with Crippen molar-refractivity contribution in [2.24, 2.45) is 0 Å². The van der Waals surface area contributed by atoms with Gasteiger partial charge in [0.1, 0.15) is 0 Å². The zero-order chi connectivity index (χ0) is 6.85. The Morgan fingerprint density at radius 2 is 1.89 bits per heavy atom. The van der Waals surface area contributed by atoms with E-state index >= 15 is 0 Å². The fourth-order valence-corrected chi connectivity index (χ4v) is 1.88. The number of rotatable bonds is 0. The summed E-state index contributed by atoms with van der Waals surface area (Å²) in [5.74, 6) is 0. The second kappa shape index (κ2) is 3.15. The number of benzene rings is 1. The third kappa shape index (κ3) is 2.04. The molecule has 0 radical (unpaired) electrons. The molecule has 0 aliphatic heterocycles. The van der Waals surface area contributed by atoms with E-state index in [0.717, 1.165) is 5.02 Å². The average Bonchev–Trinajstić information content (AvgIpc) is 1.80. The normalized spacial score (nSPS) is 9.67. The fraction of sp³-hybridized carbons (Fsp3) is 0. The van der Waals surface area contributed by atoms with Gasteiger partial charge in [-0.25, -0.2) is 0 Å². The second-order valence-electron chi connectivity index (χ2n) is 1.78. The summed E-state index contributed by atoms with van der Waals surface area (Å²) in [6.45, 7) is 0. The summed E-state index contributed by atoms with van der Waals surface area (Å²) in [5.41, 5.74) is 0. The molecule has 1 aromatic rings. The fourth-order valence-electron chi connectivity index (χ4n) is 0.543. The van der Waals surface area contributed by atoms with Gasteiger partial charge in [0.05, 0.1) is 0 Å². The molecule has 1 rings (SSSR count). The first-order valence-corrected chi connectivity index (χ1v) is 5.30. The number of hydrogen-bond acceptors (Lipinski definition) is 0. The third-order valence-corrected chi connectivity index (χ3v) is 3.55. The second-order valence-corrected chi connectivity index (χ2v) is 4.89. The van der Waals surface area contributed by atoms with Crippen molar-refractivity contribution in [2.45, 2.75) is 0 Å². The molecule has 0 nitrogen and oxygen atoms in total. The molecule has 3 heteroatoms. The molecule has 0 spiro atoms. The van der Waals surface area contributed by atoms with Crippen molar-refractivity contribution < 1.29 is 0 Å². The van der Waals surface area contributed by atoms with E-state index in [1.807, 2.05) is 6.07 Å². The first-order valence-electron chi connectivity index (χ1n) is 2.50. The Kier molecular flexibility index (Phi) is 2.70. The van der Waals surface area contributed by atoms with E-state index in [0.29, 0.717) is 0 Å². The molecule has 0 aliphatic carbocycles. The standard InChI is InChI=1S/C6H7As2Cl/c7-4-1-2-5(8)6(9)3-4/h1-3H,7-8H2. The molecule has 0 fully saturated rings. The van der Waals surface area contributed by atoms with E-state index < -0.39 is 0 Å². The van der Waals surface area contributed by atoms with Crippen molar-refractivity contribution in [1.82, 2.24) is 0 Å². The predicted molar refractivity (Wildman–Crippen MR) is 47.8 cm³/mol. The Balaban J connectivity index is 3.17. The van der Waals surface area contributed by atoms with Gasteiger partial charge in [-0.05, 0) is 0 Å². The molecular formula is C6H7As2Cl. The molecule has 0 aromatic heterocycles. The summed E-state index contributed by atoms with van der Waals surface area (Å²) in [6.07, 6.45) is 0. The maximum absolute atomic E-state index is 5.84. The van der Waals surface area contributed by atoms with E-state index in [2.05, 4.69) is 12.1 Å². The van der Waals surface area contributed by atoms with Crippen molar-refractivity contribution in [3.8, 4) is 0 Å². The van der Waals surface area contributed by atoms with Crippen molar-refractivity contribution in [1.29, 1.82) is 0 Å². The molecule has 0 amide bonds. The topological polar surface area (TPSA) is 0 Å². The van der Waals surface area contributed by atoms with Gasteiger partial charge in [-0.2, -0.15) is 0 Å². The summed E-state index contributed by atoms with van der Waals surface area (Å²) in [4.78, 5) is 0. The van der Waals surface area contributed by atoms with E-state index in [1.165, 1.54) is 8.70 Å². The van der Waals surface area contributed by atoms with Crippen molar-refractivity contribution in [2.75, 3.05) is 0 Å². The van der Waals surface area contributed by atoms with Crippen molar-refractivity contribution in [3.05, 3.63) is 23.2 Å². The molecule has 2 unspecified atom stereocenters. The van der Waals surface area contributed by atoms with Crippen LogP contribution in [0.5, 0.6) is 0 Å². The van der Waals surface area contributed by atoms with Gasteiger partial charge in [-0.15, -0.1) is 0 Å². The summed E-state index contributed by atoms with van der Waals surface area (Å²) in [6, 6.07) is 6.18. The van der Waals surface area contributed by atoms with Crippen LogP contribution in [0.15, 0.2) is 18.2 Å². The Hall–Kier alpha value is 0.627. The van der Waals surface area contributed by atoms with Gasteiger partial charge in [-0.1, -0.05) is 0 Å². The van der Waals surface area contributed by atoms with Gasteiger partial charge in [-0.3, -0.25) is 0 Å². The van der Waals surface area contributed by atoms with Crippen LogP contribution in [0.25, 0.3) is 0 Å². The van der Waals surface area contributed by atoms with Crippen molar-refractivity contribution >= 4 is 54.0 Å². The van der Waals surface area contributed by atoms with Gasteiger partial charge < -0.3 is 0 Å². The van der Waals surface area contributed by atoms with E-state index in [-0.39, 0.29) is 0 Å². The zero-order valence-corrected chi connectivity index (χ0v) is 10.4. The molecule has 1 aromatic carbocycles. The Morgan fingerprint density at radius 3 is 2.33 bits per heavy atom. The van der Waals surface area contributed by atoms with Crippen LogP contribution < -0.4 is 8.70 Å². The molecular weight excluding hydrogens is 257 g/mol. The Morgan fingerprint density at radius 1 is 1.22 bits per heavy atom. The minimum absolute atomic E-state index is 0.900. The van der Waals surface area contributed by atoms with Crippen LogP contribution >= 0.6 is 11.6 Å².